The van der Waals surface area contributed by atoms with Crippen LogP contribution in [0.15, 0.2) is 30.6 Å². The highest BCUT2D eigenvalue weighted by atomic mass is 35.5. The summed E-state index contributed by atoms with van der Waals surface area (Å²) in [6.07, 6.45) is 3.56. The van der Waals surface area contributed by atoms with Crippen LogP contribution in [0.3, 0.4) is 0 Å². The number of aryl methyl sites for hydroxylation is 1. The number of benzene rings is 1. The topological polar surface area (TPSA) is 29.9 Å². The van der Waals surface area contributed by atoms with Crippen LogP contribution in [0.25, 0.3) is 0 Å². The first-order valence-corrected chi connectivity index (χ1v) is 5.64. The number of nitrogens with zero attached hydrogens (tertiary/aromatic N) is 2. The standard InChI is InChI=1S/C12H13ClFN3/c1-8(12-15-5-6-17(12)2)16-11-7-9(13)3-4-10(11)14/h3-8,16H,1-2H3. The average Bonchev–Trinajstić information content (AvgIpc) is 2.70. The number of aromatic nitrogens is 2. The third kappa shape index (κ3) is 2.58. The van der Waals surface area contributed by atoms with Gasteiger partial charge in [0.2, 0.25) is 0 Å². The van der Waals surface area contributed by atoms with E-state index < -0.39 is 0 Å². The van der Waals surface area contributed by atoms with Crippen molar-refractivity contribution < 1.29 is 4.39 Å². The normalized spacial score (nSPS) is 12.5. The predicted octanol–water partition coefficient (Wildman–Crippen LogP) is 3.39. The van der Waals surface area contributed by atoms with Crippen molar-refractivity contribution in [3.63, 3.8) is 0 Å². The maximum Gasteiger partial charge on any atom is 0.146 e. The number of hydrogen-bond donors (Lipinski definition) is 1. The molecule has 2 rings (SSSR count). The molecular formula is C12H13ClFN3. The Labute approximate surface area is 104 Å². The molecular weight excluding hydrogens is 241 g/mol. The Bertz CT molecular complexity index is 524. The lowest BCUT2D eigenvalue weighted by molar-refractivity contribution is 0.624. The van der Waals surface area contributed by atoms with Crippen molar-refractivity contribution in [2.45, 2.75) is 13.0 Å². The van der Waals surface area contributed by atoms with Crippen molar-refractivity contribution >= 4 is 17.3 Å². The fraction of sp³-hybridized carbons (Fsp3) is 0.250. The van der Waals surface area contributed by atoms with Crippen molar-refractivity contribution in [1.29, 1.82) is 0 Å². The van der Waals surface area contributed by atoms with Crippen LogP contribution >= 0.6 is 11.6 Å². The van der Waals surface area contributed by atoms with E-state index in [1.54, 1.807) is 12.3 Å². The summed E-state index contributed by atoms with van der Waals surface area (Å²) in [5, 5.41) is 3.55. The van der Waals surface area contributed by atoms with Crippen LogP contribution in [0.1, 0.15) is 18.8 Å². The van der Waals surface area contributed by atoms with E-state index in [9.17, 15) is 4.39 Å². The van der Waals surface area contributed by atoms with Gasteiger partial charge in [-0.1, -0.05) is 11.6 Å². The molecule has 0 aliphatic rings. The van der Waals surface area contributed by atoms with Crippen molar-refractivity contribution in [2.75, 3.05) is 5.32 Å². The molecule has 1 aromatic carbocycles. The van der Waals surface area contributed by atoms with Gasteiger partial charge in [-0.25, -0.2) is 9.37 Å². The Hall–Kier alpha value is -1.55. The first-order chi connectivity index (χ1) is 8.08. The third-order valence-corrected chi connectivity index (χ3v) is 2.78. The summed E-state index contributed by atoms with van der Waals surface area (Å²) in [5.74, 6) is 0.514. The van der Waals surface area contributed by atoms with E-state index >= 15 is 0 Å². The fourth-order valence-electron chi connectivity index (χ4n) is 1.70. The van der Waals surface area contributed by atoms with Crippen LogP contribution in [0.2, 0.25) is 5.02 Å². The molecule has 0 aliphatic heterocycles. The first kappa shape index (κ1) is 11.9. The smallest absolute Gasteiger partial charge is 0.146 e. The maximum atomic E-state index is 13.5. The quantitative estimate of drug-likeness (QED) is 0.909. The van der Waals surface area contributed by atoms with E-state index in [0.29, 0.717) is 10.7 Å². The number of anilines is 1. The molecule has 0 saturated heterocycles. The van der Waals surface area contributed by atoms with Gasteiger partial charge in [0.25, 0.3) is 0 Å². The Morgan fingerprint density at radius 2 is 2.24 bits per heavy atom. The molecule has 3 nitrogen and oxygen atoms in total. The van der Waals surface area contributed by atoms with Gasteiger partial charge in [-0.05, 0) is 25.1 Å². The molecule has 1 N–H and O–H groups in total. The molecule has 1 atom stereocenters. The van der Waals surface area contributed by atoms with Crippen molar-refractivity contribution in [3.8, 4) is 0 Å². The molecule has 2 aromatic rings. The predicted molar refractivity (Wildman–Crippen MR) is 66.7 cm³/mol. The van der Waals surface area contributed by atoms with E-state index in [1.165, 1.54) is 12.1 Å². The molecule has 0 spiro atoms. The lowest BCUT2D eigenvalue weighted by atomic mass is 10.2. The molecule has 1 heterocycles. The highest BCUT2D eigenvalue weighted by Crippen LogP contribution is 2.23. The molecule has 0 fully saturated rings. The monoisotopic (exact) mass is 253 g/mol. The van der Waals surface area contributed by atoms with Crippen LogP contribution in [0.4, 0.5) is 10.1 Å². The van der Waals surface area contributed by atoms with Gasteiger partial charge >= 0.3 is 0 Å². The van der Waals surface area contributed by atoms with Crippen molar-refractivity contribution in [1.82, 2.24) is 9.55 Å². The molecule has 17 heavy (non-hydrogen) atoms. The highest BCUT2D eigenvalue weighted by molar-refractivity contribution is 6.30. The maximum absolute atomic E-state index is 13.5. The SMILES string of the molecule is CC(Nc1cc(Cl)ccc1F)c1nccn1C. The van der Waals surface area contributed by atoms with Crippen LogP contribution in [0, 0.1) is 5.82 Å². The second kappa shape index (κ2) is 4.75. The molecule has 1 aromatic heterocycles. The second-order valence-corrected chi connectivity index (χ2v) is 4.32. The summed E-state index contributed by atoms with van der Waals surface area (Å²) in [6.45, 7) is 1.92. The number of halogens is 2. The lowest BCUT2D eigenvalue weighted by Gasteiger charge is -2.15. The van der Waals surface area contributed by atoms with Gasteiger partial charge in [-0.2, -0.15) is 0 Å². The van der Waals surface area contributed by atoms with Crippen molar-refractivity contribution in [3.05, 3.63) is 47.3 Å². The van der Waals surface area contributed by atoms with E-state index in [0.717, 1.165) is 5.82 Å². The minimum absolute atomic E-state index is 0.0945. The van der Waals surface area contributed by atoms with Gasteiger partial charge in [-0.15, -0.1) is 0 Å². The fourth-order valence-corrected chi connectivity index (χ4v) is 1.87. The van der Waals surface area contributed by atoms with Crippen LogP contribution < -0.4 is 5.32 Å². The second-order valence-electron chi connectivity index (χ2n) is 3.89. The van der Waals surface area contributed by atoms with Crippen LogP contribution in [-0.2, 0) is 7.05 Å². The molecule has 0 amide bonds. The Morgan fingerprint density at radius 3 is 2.88 bits per heavy atom. The van der Waals surface area contributed by atoms with Crippen LogP contribution in [-0.4, -0.2) is 9.55 Å². The average molecular weight is 254 g/mol. The zero-order valence-electron chi connectivity index (χ0n) is 9.61. The Kier molecular flexibility index (Phi) is 3.33. The molecule has 5 heteroatoms. The molecule has 1 unspecified atom stereocenters. The number of rotatable bonds is 3. The number of imidazole rings is 1. The summed E-state index contributed by atoms with van der Waals surface area (Å²) in [6, 6.07) is 4.34. The summed E-state index contributed by atoms with van der Waals surface area (Å²) in [5.41, 5.74) is 0.382. The van der Waals surface area contributed by atoms with Crippen LogP contribution in [0.5, 0.6) is 0 Å². The Morgan fingerprint density at radius 1 is 1.47 bits per heavy atom. The summed E-state index contributed by atoms with van der Waals surface area (Å²) in [4.78, 5) is 4.21. The van der Waals surface area contributed by atoms with Gasteiger partial charge in [-0.3, -0.25) is 0 Å². The van der Waals surface area contributed by atoms with Gasteiger partial charge in [0.05, 0.1) is 11.7 Å². The minimum Gasteiger partial charge on any atom is -0.373 e. The zero-order chi connectivity index (χ0) is 12.4. The summed E-state index contributed by atoms with van der Waals surface area (Å²) >= 11 is 5.83. The molecule has 0 saturated carbocycles. The van der Waals surface area contributed by atoms with Gasteiger partial charge in [0.15, 0.2) is 0 Å². The largest absolute Gasteiger partial charge is 0.373 e. The van der Waals surface area contributed by atoms with Gasteiger partial charge < -0.3 is 9.88 Å². The highest BCUT2D eigenvalue weighted by Gasteiger charge is 2.12. The van der Waals surface area contributed by atoms with Gasteiger partial charge in [0.1, 0.15) is 11.6 Å². The molecule has 90 valence electrons. The van der Waals surface area contributed by atoms with E-state index in [2.05, 4.69) is 10.3 Å². The zero-order valence-corrected chi connectivity index (χ0v) is 10.4. The van der Waals surface area contributed by atoms with E-state index in [-0.39, 0.29) is 11.9 Å². The van der Waals surface area contributed by atoms with E-state index in [1.807, 2.05) is 24.7 Å². The van der Waals surface area contributed by atoms with E-state index in [4.69, 9.17) is 11.6 Å². The molecule has 0 bridgehead atoms. The summed E-state index contributed by atoms with van der Waals surface area (Å²) < 4.78 is 15.4. The molecule has 0 radical (unpaired) electrons. The number of hydrogen-bond acceptors (Lipinski definition) is 2. The lowest BCUT2D eigenvalue weighted by Crippen LogP contribution is -2.12. The minimum atomic E-state index is -0.324. The molecule has 0 aliphatic carbocycles. The third-order valence-electron chi connectivity index (χ3n) is 2.55. The van der Waals surface area contributed by atoms with Gasteiger partial charge in [0, 0.05) is 24.5 Å². The summed E-state index contributed by atoms with van der Waals surface area (Å²) in [7, 11) is 1.90. The first-order valence-electron chi connectivity index (χ1n) is 5.26. The Balaban J connectivity index is 2.21. The number of nitrogens with one attached hydrogen (secondary N) is 1. The van der Waals surface area contributed by atoms with Crippen molar-refractivity contribution in [2.24, 2.45) is 7.05 Å².